The standard InChI is InChI=1S/C12H16F3NO2S/c1-9(2)6-7-16-19(17,18)11-5-3-4-10(8-11)12(13,14)15/h3-5,8-9,16H,6-7H2,1-2H3. The number of halogens is 3. The van der Waals surface area contributed by atoms with E-state index in [0.717, 1.165) is 18.2 Å². The minimum absolute atomic E-state index is 0.205. The Labute approximate surface area is 110 Å². The number of rotatable bonds is 5. The van der Waals surface area contributed by atoms with Crippen LogP contribution in [0, 0.1) is 5.92 Å². The SMILES string of the molecule is CC(C)CCNS(=O)(=O)c1cccc(C(F)(F)F)c1. The first-order valence-corrected chi connectivity index (χ1v) is 7.28. The van der Waals surface area contributed by atoms with Gasteiger partial charge in [-0.05, 0) is 30.5 Å². The van der Waals surface area contributed by atoms with Gasteiger partial charge in [0.25, 0.3) is 0 Å². The molecule has 0 aliphatic heterocycles. The molecule has 0 saturated heterocycles. The van der Waals surface area contributed by atoms with Crippen molar-refractivity contribution in [2.24, 2.45) is 5.92 Å². The van der Waals surface area contributed by atoms with E-state index in [4.69, 9.17) is 0 Å². The van der Waals surface area contributed by atoms with Crippen LogP contribution in [-0.2, 0) is 16.2 Å². The number of sulfonamides is 1. The molecule has 0 atom stereocenters. The van der Waals surface area contributed by atoms with E-state index in [9.17, 15) is 21.6 Å². The average Bonchev–Trinajstić information content (AvgIpc) is 2.27. The van der Waals surface area contributed by atoms with Gasteiger partial charge in [0.2, 0.25) is 10.0 Å². The molecule has 0 bridgehead atoms. The minimum atomic E-state index is -4.55. The molecular formula is C12H16F3NO2S. The fourth-order valence-corrected chi connectivity index (χ4v) is 2.50. The Morgan fingerprint density at radius 2 is 1.89 bits per heavy atom. The van der Waals surface area contributed by atoms with Crippen molar-refractivity contribution in [2.45, 2.75) is 31.3 Å². The van der Waals surface area contributed by atoms with Gasteiger partial charge in [-0.25, -0.2) is 13.1 Å². The zero-order valence-corrected chi connectivity index (χ0v) is 11.5. The smallest absolute Gasteiger partial charge is 0.211 e. The minimum Gasteiger partial charge on any atom is -0.211 e. The molecule has 1 aromatic carbocycles. The molecule has 0 aliphatic rings. The maximum atomic E-state index is 12.5. The monoisotopic (exact) mass is 295 g/mol. The highest BCUT2D eigenvalue weighted by Crippen LogP contribution is 2.30. The molecule has 1 aromatic rings. The van der Waals surface area contributed by atoms with Gasteiger partial charge in [-0.1, -0.05) is 19.9 Å². The summed E-state index contributed by atoms with van der Waals surface area (Å²) in [6.07, 6.45) is -3.93. The van der Waals surface area contributed by atoms with E-state index >= 15 is 0 Å². The Balaban J connectivity index is 2.90. The topological polar surface area (TPSA) is 46.2 Å². The van der Waals surface area contributed by atoms with Crippen molar-refractivity contribution < 1.29 is 21.6 Å². The largest absolute Gasteiger partial charge is 0.416 e. The molecular weight excluding hydrogens is 279 g/mol. The van der Waals surface area contributed by atoms with Crippen LogP contribution in [0.3, 0.4) is 0 Å². The van der Waals surface area contributed by atoms with Crippen molar-refractivity contribution in [2.75, 3.05) is 6.54 Å². The van der Waals surface area contributed by atoms with Crippen LogP contribution in [0.1, 0.15) is 25.8 Å². The van der Waals surface area contributed by atoms with Gasteiger partial charge in [-0.3, -0.25) is 0 Å². The van der Waals surface area contributed by atoms with Crippen LogP contribution in [0.15, 0.2) is 29.2 Å². The Hall–Kier alpha value is -1.08. The van der Waals surface area contributed by atoms with Crippen LogP contribution in [0.5, 0.6) is 0 Å². The molecule has 108 valence electrons. The van der Waals surface area contributed by atoms with E-state index in [1.807, 2.05) is 13.8 Å². The first-order valence-electron chi connectivity index (χ1n) is 5.80. The molecule has 0 aliphatic carbocycles. The predicted octanol–water partition coefficient (Wildman–Crippen LogP) is 3.03. The molecule has 19 heavy (non-hydrogen) atoms. The van der Waals surface area contributed by atoms with Gasteiger partial charge in [0.15, 0.2) is 0 Å². The summed E-state index contributed by atoms with van der Waals surface area (Å²) in [5.74, 6) is 0.309. The van der Waals surface area contributed by atoms with Crippen molar-refractivity contribution in [3.8, 4) is 0 Å². The summed E-state index contributed by atoms with van der Waals surface area (Å²) in [7, 11) is -3.89. The number of nitrogens with one attached hydrogen (secondary N) is 1. The Bertz CT molecular complexity index is 524. The second kappa shape index (κ2) is 5.92. The van der Waals surface area contributed by atoms with Gasteiger partial charge >= 0.3 is 6.18 Å². The first kappa shape index (κ1) is 16.0. The molecule has 0 saturated carbocycles. The third-order valence-corrected chi connectivity index (χ3v) is 3.94. The summed E-state index contributed by atoms with van der Waals surface area (Å²) in [4.78, 5) is -0.369. The van der Waals surface area contributed by atoms with Crippen LogP contribution in [0.2, 0.25) is 0 Å². The maximum Gasteiger partial charge on any atom is 0.416 e. The first-order chi connectivity index (χ1) is 8.63. The van der Waals surface area contributed by atoms with Gasteiger partial charge in [0.1, 0.15) is 0 Å². The molecule has 0 aromatic heterocycles. The van der Waals surface area contributed by atoms with Gasteiger partial charge in [-0.2, -0.15) is 13.2 Å². The summed E-state index contributed by atoms with van der Waals surface area (Å²) in [6, 6.07) is 3.71. The molecule has 0 unspecified atom stereocenters. The van der Waals surface area contributed by atoms with E-state index in [2.05, 4.69) is 4.72 Å². The molecule has 0 spiro atoms. The highest BCUT2D eigenvalue weighted by atomic mass is 32.2. The lowest BCUT2D eigenvalue weighted by molar-refractivity contribution is -0.137. The van der Waals surface area contributed by atoms with Crippen LogP contribution in [0.4, 0.5) is 13.2 Å². The van der Waals surface area contributed by atoms with Gasteiger partial charge in [0.05, 0.1) is 10.5 Å². The van der Waals surface area contributed by atoms with E-state index in [1.54, 1.807) is 0 Å². The number of hydrogen-bond acceptors (Lipinski definition) is 2. The lowest BCUT2D eigenvalue weighted by atomic mass is 10.1. The molecule has 0 radical (unpaired) electrons. The summed E-state index contributed by atoms with van der Waals surface area (Å²) in [6.45, 7) is 4.06. The summed E-state index contributed by atoms with van der Waals surface area (Å²) in [5.41, 5.74) is -0.973. The molecule has 7 heteroatoms. The number of hydrogen-bond donors (Lipinski definition) is 1. The second-order valence-electron chi connectivity index (χ2n) is 4.61. The van der Waals surface area contributed by atoms with E-state index in [-0.39, 0.29) is 11.4 Å². The third kappa shape index (κ3) is 4.83. The van der Waals surface area contributed by atoms with Crippen LogP contribution in [-0.4, -0.2) is 15.0 Å². The van der Waals surface area contributed by atoms with Crippen molar-refractivity contribution in [3.63, 3.8) is 0 Å². The van der Waals surface area contributed by atoms with E-state index in [0.29, 0.717) is 18.4 Å². The Kier molecular flexibility index (Phi) is 4.98. The van der Waals surface area contributed by atoms with Crippen LogP contribution >= 0.6 is 0 Å². The maximum absolute atomic E-state index is 12.5. The Morgan fingerprint density at radius 1 is 1.26 bits per heavy atom. The third-order valence-electron chi connectivity index (χ3n) is 2.49. The molecule has 0 fully saturated rings. The Morgan fingerprint density at radius 3 is 2.42 bits per heavy atom. The lowest BCUT2D eigenvalue weighted by Gasteiger charge is -2.11. The van der Waals surface area contributed by atoms with Crippen molar-refractivity contribution in [3.05, 3.63) is 29.8 Å². The molecule has 1 N–H and O–H groups in total. The summed E-state index contributed by atoms with van der Waals surface area (Å²) < 4.78 is 63.4. The van der Waals surface area contributed by atoms with Gasteiger partial charge < -0.3 is 0 Å². The lowest BCUT2D eigenvalue weighted by Crippen LogP contribution is -2.26. The van der Waals surface area contributed by atoms with Crippen LogP contribution < -0.4 is 4.72 Å². The fourth-order valence-electron chi connectivity index (χ4n) is 1.40. The number of benzene rings is 1. The van der Waals surface area contributed by atoms with Crippen molar-refractivity contribution in [1.82, 2.24) is 4.72 Å². The zero-order valence-electron chi connectivity index (χ0n) is 10.7. The van der Waals surface area contributed by atoms with Gasteiger partial charge in [-0.15, -0.1) is 0 Å². The highest BCUT2D eigenvalue weighted by molar-refractivity contribution is 7.89. The normalized spacial score (nSPS) is 12.9. The van der Waals surface area contributed by atoms with Crippen molar-refractivity contribution >= 4 is 10.0 Å². The molecule has 0 amide bonds. The molecule has 3 nitrogen and oxygen atoms in total. The van der Waals surface area contributed by atoms with Crippen LogP contribution in [0.25, 0.3) is 0 Å². The zero-order chi connectivity index (χ0) is 14.7. The average molecular weight is 295 g/mol. The molecule has 1 rings (SSSR count). The summed E-state index contributed by atoms with van der Waals surface area (Å²) in [5, 5.41) is 0. The highest BCUT2D eigenvalue weighted by Gasteiger charge is 2.31. The van der Waals surface area contributed by atoms with E-state index < -0.39 is 21.8 Å². The van der Waals surface area contributed by atoms with Gasteiger partial charge in [0, 0.05) is 6.54 Å². The second-order valence-corrected chi connectivity index (χ2v) is 6.37. The van der Waals surface area contributed by atoms with Crippen molar-refractivity contribution in [1.29, 1.82) is 0 Å². The number of alkyl halides is 3. The molecule has 0 heterocycles. The van der Waals surface area contributed by atoms with E-state index in [1.165, 1.54) is 0 Å². The summed E-state index contributed by atoms with van der Waals surface area (Å²) >= 11 is 0. The predicted molar refractivity (Wildman–Crippen MR) is 66.1 cm³/mol. The fraction of sp³-hybridized carbons (Fsp3) is 0.500. The quantitative estimate of drug-likeness (QED) is 0.907.